The van der Waals surface area contributed by atoms with Gasteiger partial charge in [-0.05, 0) is 30.7 Å². The lowest BCUT2D eigenvalue weighted by Gasteiger charge is -2.37. The fourth-order valence-corrected chi connectivity index (χ4v) is 5.39. The number of carbonyl (C=O) groups excluding carboxylic acids is 1. The first-order valence-corrected chi connectivity index (χ1v) is 11.8. The largest absolute Gasteiger partial charge is 0.469 e. The highest BCUT2D eigenvalue weighted by atomic mass is 32.2. The molecule has 1 unspecified atom stereocenters. The Morgan fingerprint density at radius 1 is 1.13 bits per heavy atom. The molecule has 4 aromatic rings. The zero-order chi connectivity index (χ0) is 21.2. The average molecular weight is 450 g/mol. The lowest BCUT2D eigenvalue weighted by molar-refractivity contribution is -0.116. The van der Waals surface area contributed by atoms with Crippen molar-refractivity contribution in [2.75, 3.05) is 16.4 Å². The van der Waals surface area contributed by atoms with Crippen molar-refractivity contribution in [2.24, 2.45) is 0 Å². The molecule has 8 heteroatoms. The molecule has 1 aliphatic rings. The van der Waals surface area contributed by atoms with Crippen molar-refractivity contribution in [1.82, 2.24) is 10.2 Å². The van der Waals surface area contributed by atoms with Crippen molar-refractivity contribution in [3.8, 4) is 11.5 Å². The monoisotopic (exact) mass is 449 g/mol. The highest BCUT2D eigenvalue weighted by Crippen LogP contribution is 2.43. The molecule has 0 spiro atoms. The minimum Gasteiger partial charge on any atom is -0.469 e. The van der Waals surface area contributed by atoms with Gasteiger partial charge in [0.05, 0.1) is 29.3 Å². The van der Waals surface area contributed by atoms with Gasteiger partial charge in [-0.1, -0.05) is 54.2 Å². The van der Waals surface area contributed by atoms with Crippen LogP contribution < -0.4 is 4.90 Å². The van der Waals surface area contributed by atoms with Crippen LogP contribution in [0.15, 0.2) is 85.9 Å². The molecule has 0 N–H and O–H groups in total. The zero-order valence-corrected chi connectivity index (χ0v) is 18.4. The molecular weight excluding hydrogens is 430 g/mol. The molecule has 0 fully saturated rings. The van der Waals surface area contributed by atoms with E-state index in [0.29, 0.717) is 16.9 Å². The first-order chi connectivity index (χ1) is 15.2. The highest BCUT2D eigenvalue weighted by molar-refractivity contribution is 8.00. The summed E-state index contributed by atoms with van der Waals surface area (Å²) in [5.74, 6) is 2.12. The number of anilines is 1. The van der Waals surface area contributed by atoms with Crippen LogP contribution >= 0.6 is 23.5 Å². The Labute approximate surface area is 188 Å². The summed E-state index contributed by atoms with van der Waals surface area (Å²) in [7, 11) is 0. The van der Waals surface area contributed by atoms with E-state index >= 15 is 0 Å². The van der Waals surface area contributed by atoms with Crippen molar-refractivity contribution >= 4 is 35.1 Å². The van der Waals surface area contributed by atoms with Crippen LogP contribution in [0.2, 0.25) is 0 Å². The first-order valence-electron chi connectivity index (χ1n) is 9.80. The number of aryl methyl sites for hydroxylation is 1. The Kier molecular flexibility index (Phi) is 5.57. The molecule has 2 aromatic heterocycles. The number of amides is 1. The fourth-order valence-electron chi connectivity index (χ4n) is 3.59. The topological polar surface area (TPSA) is 72.4 Å². The molecular formula is C23H19N3O3S2. The quantitative estimate of drug-likeness (QED) is 0.367. The molecule has 1 amide bonds. The molecule has 1 aliphatic heterocycles. The summed E-state index contributed by atoms with van der Waals surface area (Å²) < 4.78 is 11.0. The second-order valence-corrected chi connectivity index (χ2v) is 9.01. The van der Waals surface area contributed by atoms with Crippen molar-refractivity contribution in [3.63, 3.8) is 0 Å². The second-order valence-electron chi connectivity index (χ2n) is 7.02. The predicted octanol–water partition coefficient (Wildman–Crippen LogP) is 5.61. The second kappa shape index (κ2) is 8.64. The van der Waals surface area contributed by atoms with E-state index in [9.17, 15) is 4.79 Å². The third-order valence-electron chi connectivity index (χ3n) is 5.10. The lowest BCUT2D eigenvalue weighted by atomic mass is 10.1. The Morgan fingerprint density at radius 2 is 1.94 bits per heavy atom. The first kappa shape index (κ1) is 20.0. The third kappa shape index (κ3) is 4.00. The Hall–Kier alpha value is -2.97. The van der Waals surface area contributed by atoms with Gasteiger partial charge in [0, 0.05) is 10.6 Å². The number of carbonyl (C=O) groups is 1. The Bertz CT molecular complexity index is 1210. The van der Waals surface area contributed by atoms with Gasteiger partial charge >= 0.3 is 0 Å². The van der Waals surface area contributed by atoms with E-state index in [1.54, 1.807) is 24.1 Å². The van der Waals surface area contributed by atoms with Crippen LogP contribution in [0.3, 0.4) is 0 Å². The predicted molar refractivity (Wildman–Crippen MR) is 121 cm³/mol. The number of benzene rings is 2. The minimum atomic E-state index is -0.0268. The molecule has 0 bridgehead atoms. The maximum Gasteiger partial charge on any atom is 0.277 e. The molecule has 0 aliphatic carbocycles. The summed E-state index contributed by atoms with van der Waals surface area (Å²) in [6.07, 6.45) is 1.58. The van der Waals surface area contributed by atoms with E-state index in [0.717, 1.165) is 27.5 Å². The number of hydrogen-bond donors (Lipinski definition) is 0. The Morgan fingerprint density at radius 3 is 2.74 bits per heavy atom. The van der Waals surface area contributed by atoms with Crippen LogP contribution in [-0.2, 0) is 4.79 Å². The number of para-hydroxylation sites is 1. The summed E-state index contributed by atoms with van der Waals surface area (Å²) in [6, 6.07) is 20.0. The third-order valence-corrected chi connectivity index (χ3v) is 7.04. The zero-order valence-electron chi connectivity index (χ0n) is 16.7. The van der Waals surface area contributed by atoms with E-state index in [4.69, 9.17) is 8.83 Å². The molecule has 0 saturated heterocycles. The van der Waals surface area contributed by atoms with E-state index in [1.807, 2.05) is 48.2 Å². The maximum atomic E-state index is 13.4. The van der Waals surface area contributed by atoms with E-state index < -0.39 is 0 Å². The van der Waals surface area contributed by atoms with Gasteiger partial charge in [0.2, 0.25) is 5.91 Å². The number of aromatic nitrogens is 2. The molecule has 156 valence electrons. The van der Waals surface area contributed by atoms with E-state index in [1.165, 1.54) is 11.8 Å². The molecule has 2 aromatic carbocycles. The molecule has 31 heavy (non-hydrogen) atoms. The van der Waals surface area contributed by atoms with Crippen molar-refractivity contribution in [1.29, 1.82) is 0 Å². The molecule has 5 rings (SSSR count). The Balaban J connectivity index is 1.37. The highest BCUT2D eigenvalue weighted by Gasteiger charge is 2.32. The molecule has 6 nitrogen and oxygen atoms in total. The van der Waals surface area contributed by atoms with Crippen LogP contribution in [0, 0.1) is 6.92 Å². The van der Waals surface area contributed by atoms with Gasteiger partial charge in [-0.25, -0.2) is 0 Å². The summed E-state index contributed by atoms with van der Waals surface area (Å²) in [5, 5.41) is 8.53. The van der Waals surface area contributed by atoms with E-state index in [-0.39, 0.29) is 17.7 Å². The number of fused-ring (bicyclic) bond motifs is 1. The average Bonchev–Trinajstić information content (AvgIpc) is 3.46. The lowest BCUT2D eigenvalue weighted by Crippen LogP contribution is -2.39. The van der Waals surface area contributed by atoms with Gasteiger partial charge in [-0.15, -0.1) is 22.0 Å². The number of hydrogen-bond acceptors (Lipinski definition) is 7. The fraction of sp³-hybridized carbons (Fsp3) is 0.174. The normalized spacial score (nSPS) is 15.6. The van der Waals surface area contributed by atoms with Crippen LogP contribution in [0.25, 0.3) is 11.5 Å². The standard InChI is InChI=1S/C23H19N3O3S2/c1-15-17(11-12-28-15)22-24-25-23(29-22)31-14-21(27)26-18-9-5-6-10-20(18)30-13-19(26)16-7-3-2-4-8-16/h2-12,19H,13-14H2,1H3. The van der Waals surface area contributed by atoms with Crippen LogP contribution in [0.4, 0.5) is 5.69 Å². The summed E-state index contributed by atoms with van der Waals surface area (Å²) in [5.41, 5.74) is 2.83. The van der Waals surface area contributed by atoms with Crippen molar-refractivity contribution in [2.45, 2.75) is 23.1 Å². The molecule has 3 heterocycles. The van der Waals surface area contributed by atoms with Gasteiger partial charge in [-0.3, -0.25) is 4.79 Å². The smallest absolute Gasteiger partial charge is 0.277 e. The van der Waals surface area contributed by atoms with Crippen molar-refractivity contribution < 1.29 is 13.6 Å². The number of thioether (sulfide) groups is 2. The van der Waals surface area contributed by atoms with Gasteiger partial charge in [0.15, 0.2) is 0 Å². The van der Waals surface area contributed by atoms with Gasteiger partial charge in [0.1, 0.15) is 5.76 Å². The van der Waals surface area contributed by atoms with Crippen molar-refractivity contribution in [3.05, 3.63) is 78.3 Å². The van der Waals surface area contributed by atoms with Gasteiger partial charge < -0.3 is 13.7 Å². The van der Waals surface area contributed by atoms with Crippen LogP contribution in [0.5, 0.6) is 0 Å². The molecule has 0 radical (unpaired) electrons. The van der Waals surface area contributed by atoms with Gasteiger partial charge in [0.25, 0.3) is 11.1 Å². The SMILES string of the molecule is Cc1occc1-c1nnc(SCC(=O)N2c3ccccc3SCC2c2ccccc2)o1. The minimum absolute atomic E-state index is 0.00541. The van der Waals surface area contributed by atoms with Gasteiger partial charge in [-0.2, -0.15) is 0 Å². The number of furan rings is 1. The van der Waals surface area contributed by atoms with E-state index in [2.05, 4.69) is 28.4 Å². The summed E-state index contributed by atoms with van der Waals surface area (Å²) in [6.45, 7) is 1.84. The maximum absolute atomic E-state index is 13.4. The number of nitrogens with zero attached hydrogens (tertiary/aromatic N) is 3. The molecule has 1 atom stereocenters. The summed E-state index contributed by atoms with van der Waals surface area (Å²) in [4.78, 5) is 16.4. The van der Waals surface area contributed by atoms with Crippen LogP contribution in [-0.4, -0.2) is 27.6 Å². The summed E-state index contributed by atoms with van der Waals surface area (Å²) >= 11 is 3.03. The van der Waals surface area contributed by atoms with Crippen LogP contribution in [0.1, 0.15) is 17.4 Å². The number of rotatable bonds is 5. The molecule has 0 saturated carbocycles.